The second-order valence-corrected chi connectivity index (χ2v) is 15.0. The molecule has 0 unspecified atom stereocenters. The third-order valence-electron chi connectivity index (χ3n) is 9.50. The summed E-state index contributed by atoms with van der Waals surface area (Å²) in [5.41, 5.74) is 14.1. The van der Waals surface area contributed by atoms with Crippen molar-refractivity contribution in [2.24, 2.45) is 9.98 Å². The van der Waals surface area contributed by atoms with Crippen LogP contribution in [0.3, 0.4) is 0 Å². The summed E-state index contributed by atoms with van der Waals surface area (Å²) in [5, 5.41) is 0. The summed E-state index contributed by atoms with van der Waals surface area (Å²) in [5.74, 6) is 1.64. The average Bonchev–Trinajstić information content (AvgIpc) is 3.10. The van der Waals surface area contributed by atoms with Gasteiger partial charge in [-0.25, -0.2) is 0 Å². The Bertz CT molecular complexity index is 1750. The summed E-state index contributed by atoms with van der Waals surface area (Å²) in [4.78, 5) is 19.3. The van der Waals surface area contributed by atoms with Crippen LogP contribution in [0.1, 0.15) is 161 Å². The summed E-state index contributed by atoms with van der Waals surface area (Å²) in [6, 6.07) is 30.9. The minimum Gasteiger partial charge on any atom is -0.255 e. The van der Waals surface area contributed by atoms with E-state index in [1.54, 1.807) is 0 Å². The van der Waals surface area contributed by atoms with Gasteiger partial charge >= 0.3 is 0 Å². The van der Waals surface area contributed by atoms with Crippen LogP contribution in [-0.2, 0) is 33.0 Å². The van der Waals surface area contributed by atoms with Crippen LogP contribution in [0.15, 0.2) is 107 Å². The zero-order valence-corrected chi connectivity index (χ0v) is 34.3. The molecule has 0 aliphatic heterocycles. The van der Waals surface area contributed by atoms with Gasteiger partial charge in [0.2, 0.25) is 0 Å². The van der Waals surface area contributed by atoms with Gasteiger partial charge in [0, 0.05) is 51.3 Å². The van der Waals surface area contributed by atoms with Gasteiger partial charge in [-0.05, 0) is 98.4 Å². The van der Waals surface area contributed by atoms with Crippen molar-refractivity contribution < 1.29 is 33.0 Å². The van der Waals surface area contributed by atoms with Gasteiger partial charge in [-0.1, -0.05) is 130 Å². The zero-order valence-electron chi connectivity index (χ0n) is 32.3. The zero-order chi connectivity index (χ0) is 35.9. The Balaban J connectivity index is 0.00000364. The number of rotatable bonds is 12. The normalized spacial score (nSPS) is 12.4. The van der Waals surface area contributed by atoms with Crippen LogP contribution < -0.4 is 0 Å². The molecule has 0 radical (unpaired) electrons. The van der Waals surface area contributed by atoms with Crippen LogP contribution in [0.5, 0.6) is 0 Å². The van der Waals surface area contributed by atoms with Gasteiger partial charge < -0.3 is 0 Å². The number of hydrogen-bond donors (Lipinski definition) is 0. The molecule has 6 heteroatoms. The summed E-state index contributed by atoms with van der Waals surface area (Å²) in [6.45, 7) is 22.7. The van der Waals surface area contributed by atoms with E-state index in [0.717, 1.165) is 22.8 Å². The number of aliphatic imine (C=N–C) groups is 2. The molecule has 278 valence electrons. The summed E-state index contributed by atoms with van der Waals surface area (Å²) in [7, 11) is 0. The standard InChI is InChI=1S/C46H54N4.2Ni/c1-29(2)34-17-19-35(20-18-34)44(36-23-40(30(3)4)45(41(24-36)31(5)6)49-27-38-15-11-13-21-47-38)37-25-42(32(7)8)46(43(26-37)33(9)10)50-28-39-16-12-14-22-48-39;;/h11-33,44H,1-10H3;;. The Morgan fingerprint density at radius 1 is 0.423 bits per heavy atom. The van der Waals surface area contributed by atoms with Crippen molar-refractivity contribution in [3.63, 3.8) is 0 Å². The molecule has 2 aromatic heterocycles. The van der Waals surface area contributed by atoms with Gasteiger partial charge in [0.1, 0.15) is 0 Å². The number of pyridine rings is 2. The van der Waals surface area contributed by atoms with E-state index in [4.69, 9.17) is 9.98 Å². The van der Waals surface area contributed by atoms with Crippen molar-refractivity contribution in [1.29, 1.82) is 0 Å². The van der Waals surface area contributed by atoms with Gasteiger partial charge in [-0.2, -0.15) is 0 Å². The van der Waals surface area contributed by atoms with Gasteiger partial charge in [-0.3, -0.25) is 20.0 Å². The second kappa shape index (κ2) is 19.4. The van der Waals surface area contributed by atoms with Crippen LogP contribution in [-0.4, -0.2) is 22.4 Å². The SMILES string of the molecule is CC(C)c1ccc(C(c2cc(C(C)C)c(N=Cc3ccccn3)c(C(C)C)c2)c2cc(C(C)C)c(N=Cc3ccccn3)c(C(C)C)c2)cc1.[Ni].[Ni]. The van der Waals surface area contributed by atoms with Crippen molar-refractivity contribution in [1.82, 2.24) is 9.97 Å². The van der Waals surface area contributed by atoms with E-state index < -0.39 is 0 Å². The second-order valence-electron chi connectivity index (χ2n) is 15.0. The molecule has 2 heterocycles. The van der Waals surface area contributed by atoms with E-state index in [9.17, 15) is 0 Å². The molecular formula is C46H54N4Ni2. The van der Waals surface area contributed by atoms with Crippen LogP contribution in [0.4, 0.5) is 11.4 Å². The van der Waals surface area contributed by atoms with Gasteiger partial charge in [-0.15, -0.1) is 0 Å². The fourth-order valence-corrected chi connectivity index (χ4v) is 6.62. The third-order valence-corrected chi connectivity index (χ3v) is 9.50. The molecule has 0 aliphatic carbocycles. The molecule has 0 spiro atoms. The fourth-order valence-electron chi connectivity index (χ4n) is 6.62. The van der Waals surface area contributed by atoms with Crippen molar-refractivity contribution in [3.8, 4) is 0 Å². The average molecular weight is 780 g/mol. The minimum absolute atomic E-state index is 0. The van der Waals surface area contributed by atoms with Gasteiger partial charge in [0.25, 0.3) is 0 Å². The Labute approximate surface area is 333 Å². The first-order valence-electron chi connectivity index (χ1n) is 18.3. The van der Waals surface area contributed by atoms with E-state index in [0.29, 0.717) is 5.92 Å². The summed E-state index contributed by atoms with van der Waals surface area (Å²) < 4.78 is 0. The number of benzene rings is 3. The molecule has 0 amide bonds. The molecule has 0 N–H and O–H groups in total. The smallest absolute Gasteiger partial charge is 0.0812 e. The molecule has 5 aromatic rings. The van der Waals surface area contributed by atoms with Crippen LogP contribution >= 0.6 is 0 Å². The Morgan fingerprint density at radius 3 is 1.06 bits per heavy atom. The molecule has 0 aliphatic rings. The molecule has 0 atom stereocenters. The molecule has 3 aromatic carbocycles. The van der Waals surface area contributed by atoms with Gasteiger partial charge in [0.05, 0.1) is 35.2 Å². The molecule has 0 saturated heterocycles. The molecular weight excluding hydrogens is 726 g/mol. The third kappa shape index (κ3) is 10.2. The largest absolute Gasteiger partial charge is 0.255 e. The summed E-state index contributed by atoms with van der Waals surface area (Å²) >= 11 is 0. The van der Waals surface area contributed by atoms with Crippen molar-refractivity contribution in [2.45, 2.75) is 105 Å². The minimum atomic E-state index is 0. The van der Waals surface area contributed by atoms with E-state index in [2.05, 4.69) is 128 Å². The van der Waals surface area contributed by atoms with Crippen LogP contribution in [0.25, 0.3) is 0 Å². The molecule has 0 fully saturated rings. The number of nitrogens with zero attached hydrogens (tertiary/aromatic N) is 4. The number of aromatic nitrogens is 2. The first-order valence-corrected chi connectivity index (χ1v) is 18.3. The van der Waals surface area contributed by atoms with E-state index in [-0.39, 0.29) is 62.6 Å². The fraction of sp³-hybridized carbons (Fsp3) is 0.348. The summed E-state index contributed by atoms with van der Waals surface area (Å²) in [6.07, 6.45) is 7.45. The molecule has 4 nitrogen and oxygen atoms in total. The van der Waals surface area contributed by atoms with Crippen molar-refractivity contribution in [3.05, 3.63) is 153 Å². The van der Waals surface area contributed by atoms with E-state index >= 15 is 0 Å². The molecule has 5 rings (SSSR count). The molecule has 52 heavy (non-hydrogen) atoms. The first kappa shape index (κ1) is 42.7. The first-order chi connectivity index (χ1) is 23.9. The van der Waals surface area contributed by atoms with Crippen molar-refractivity contribution in [2.75, 3.05) is 0 Å². The van der Waals surface area contributed by atoms with Crippen LogP contribution in [0, 0.1) is 0 Å². The Hall–Kier alpha value is -3.71. The predicted molar refractivity (Wildman–Crippen MR) is 214 cm³/mol. The maximum Gasteiger partial charge on any atom is 0.0812 e. The van der Waals surface area contributed by atoms with E-state index in [1.165, 1.54) is 44.5 Å². The maximum absolute atomic E-state index is 5.12. The predicted octanol–water partition coefficient (Wildman–Crippen LogP) is 12.8. The van der Waals surface area contributed by atoms with Crippen molar-refractivity contribution >= 4 is 23.8 Å². The quantitative estimate of drug-likeness (QED) is 0.0719. The van der Waals surface area contributed by atoms with Crippen LogP contribution in [0.2, 0.25) is 0 Å². The monoisotopic (exact) mass is 778 g/mol. The molecule has 0 saturated carbocycles. The Kier molecular flexibility index (Phi) is 15.9. The maximum atomic E-state index is 5.12. The topological polar surface area (TPSA) is 50.5 Å². The van der Waals surface area contributed by atoms with Gasteiger partial charge in [0.15, 0.2) is 0 Å². The Morgan fingerprint density at radius 2 is 0.769 bits per heavy atom. The number of hydrogen-bond acceptors (Lipinski definition) is 4. The van der Waals surface area contributed by atoms with E-state index in [1.807, 2.05) is 61.2 Å². The molecule has 0 bridgehead atoms.